The van der Waals surface area contributed by atoms with E-state index < -0.39 is 0 Å². The van der Waals surface area contributed by atoms with Gasteiger partial charge in [-0.1, -0.05) is 60.6 Å². The maximum Gasteiger partial charge on any atom is -0.0173 e. The van der Waals surface area contributed by atoms with Crippen molar-refractivity contribution in [1.29, 1.82) is 0 Å². The van der Waals surface area contributed by atoms with Gasteiger partial charge in [-0.25, -0.2) is 0 Å². The quantitative estimate of drug-likeness (QED) is 0.513. The highest BCUT2D eigenvalue weighted by Crippen LogP contribution is 2.39. The highest BCUT2D eigenvalue weighted by Gasteiger charge is 2.28. The first-order valence-electron chi connectivity index (χ1n) is 4.76. The molecule has 0 aliphatic rings. The fourth-order valence-electron chi connectivity index (χ4n) is 1.17. The van der Waals surface area contributed by atoms with Crippen LogP contribution in [0.15, 0.2) is 12.2 Å². The number of rotatable bonds is 1. The molecule has 0 radical (unpaired) electrons. The summed E-state index contributed by atoms with van der Waals surface area (Å²) in [5.41, 5.74) is 1.94. The molecule has 0 spiro atoms. The summed E-state index contributed by atoms with van der Waals surface area (Å²) in [6.45, 7) is 20.0. The zero-order valence-electron chi connectivity index (χ0n) is 9.78. The molecule has 0 aromatic heterocycles. The molecule has 0 amide bonds. The lowest BCUT2D eigenvalue weighted by atomic mass is 9.70. The lowest BCUT2D eigenvalue weighted by molar-refractivity contribution is 0.262. The Labute approximate surface area is 78.1 Å². The molecular weight excluding hydrogens is 144 g/mol. The van der Waals surface area contributed by atoms with Gasteiger partial charge in [0, 0.05) is 0 Å². The average Bonchev–Trinajstić information content (AvgIpc) is 1.80. The molecule has 0 rings (SSSR count). The Hall–Kier alpha value is -0.260. The van der Waals surface area contributed by atoms with Gasteiger partial charge in [0.15, 0.2) is 0 Å². The Kier molecular flexibility index (Phi) is 3.17. The number of hydrogen-bond acceptors (Lipinski definition) is 0. The third kappa shape index (κ3) is 3.00. The first-order chi connectivity index (χ1) is 5.07. The lowest BCUT2D eigenvalue weighted by Crippen LogP contribution is -2.25. The molecule has 0 N–H and O–H groups in total. The fourth-order valence-corrected chi connectivity index (χ4v) is 1.17. The molecular formula is C12H24. The molecule has 0 saturated carbocycles. The zero-order chi connectivity index (χ0) is 10.2. The SMILES string of the molecule is C=C(C(C)C(C)(C)C)C(C)(C)C. The van der Waals surface area contributed by atoms with Crippen molar-refractivity contribution < 1.29 is 0 Å². The molecule has 0 heteroatoms. The van der Waals surface area contributed by atoms with Crippen LogP contribution in [0.3, 0.4) is 0 Å². The molecule has 72 valence electrons. The Bertz CT molecular complexity index is 161. The van der Waals surface area contributed by atoms with Gasteiger partial charge < -0.3 is 0 Å². The van der Waals surface area contributed by atoms with Gasteiger partial charge in [0.05, 0.1) is 0 Å². The summed E-state index contributed by atoms with van der Waals surface area (Å²) in [5, 5.41) is 0. The molecule has 0 aliphatic heterocycles. The standard InChI is InChI=1S/C12H24/c1-9(11(3,4)5)10(2)12(6,7)8/h10H,1H2,2-8H3. The van der Waals surface area contributed by atoms with Gasteiger partial charge in [0.2, 0.25) is 0 Å². The second kappa shape index (κ2) is 3.24. The Balaban J connectivity index is 4.53. The van der Waals surface area contributed by atoms with Crippen LogP contribution in [0, 0.1) is 16.7 Å². The topological polar surface area (TPSA) is 0 Å². The van der Waals surface area contributed by atoms with E-state index in [9.17, 15) is 0 Å². The molecule has 0 bridgehead atoms. The third-order valence-corrected chi connectivity index (χ3v) is 2.79. The van der Waals surface area contributed by atoms with Gasteiger partial charge in [-0.3, -0.25) is 0 Å². The molecule has 0 heterocycles. The van der Waals surface area contributed by atoms with Gasteiger partial charge in [0.25, 0.3) is 0 Å². The molecule has 0 aromatic rings. The lowest BCUT2D eigenvalue weighted by Gasteiger charge is -2.35. The third-order valence-electron chi connectivity index (χ3n) is 2.79. The summed E-state index contributed by atoms with van der Waals surface area (Å²) in [6, 6.07) is 0. The van der Waals surface area contributed by atoms with E-state index in [1.54, 1.807) is 0 Å². The average molecular weight is 168 g/mol. The van der Waals surface area contributed by atoms with Gasteiger partial charge in [-0.15, -0.1) is 0 Å². The van der Waals surface area contributed by atoms with Crippen molar-refractivity contribution in [3.63, 3.8) is 0 Å². The van der Waals surface area contributed by atoms with Crippen molar-refractivity contribution in [2.75, 3.05) is 0 Å². The molecule has 0 fully saturated rings. The van der Waals surface area contributed by atoms with E-state index in [2.05, 4.69) is 55.0 Å². The van der Waals surface area contributed by atoms with Crippen molar-refractivity contribution >= 4 is 0 Å². The summed E-state index contributed by atoms with van der Waals surface area (Å²) in [4.78, 5) is 0. The van der Waals surface area contributed by atoms with E-state index in [-0.39, 0.29) is 5.41 Å². The fraction of sp³-hybridized carbons (Fsp3) is 0.833. The minimum Gasteiger partial charge on any atom is -0.0990 e. The van der Waals surface area contributed by atoms with Crippen molar-refractivity contribution in [1.82, 2.24) is 0 Å². The van der Waals surface area contributed by atoms with Gasteiger partial charge in [-0.05, 0) is 16.7 Å². The first kappa shape index (κ1) is 11.7. The second-order valence-electron chi connectivity index (χ2n) is 5.86. The van der Waals surface area contributed by atoms with E-state index in [0.717, 1.165) is 0 Å². The van der Waals surface area contributed by atoms with Crippen LogP contribution >= 0.6 is 0 Å². The number of hydrogen-bond donors (Lipinski definition) is 0. The predicted molar refractivity (Wildman–Crippen MR) is 57.2 cm³/mol. The highest BCUT2D eigenvalue weighted by molar-refractivity contribution is 5.11. The molecule has 0 aromatic carbocycles. The van der Waals surface area contributed by atoms with Crippen LogP contribution in [0.25, 0.3) is 0 Å². The van der Waals surface area contributed by atoms with E-state index >= 15 is 0 Å². The Morgan fingerprint density at radius 3 is 1.42 bits per heavy atom. The summed E-state index contributed by atoms with van der Waals surface area (Å²) in [6.07, 6.45) is 0. The van der Waals surface area contributed by atoms with Gasteiger partial charge in [0.1, 0.15) is 0 Å². The van der Waals surface area contributed by atoms with Gasteiger partial charge in [-0.2, -0.15) is 0 Å². The second-order valence-corrected chi connectivity index (χ2v) is 5.86. The van der Waals surface area contributed by atoms with Crippen LogP contribution in [0.4, 0.5) is 0 Å². The summed E-state index contributed by atoms with van der Waals surface area (Å²) in [7, 11) is 0. The summed E-state index contributed by atoms with van der Waals surface area (Å²) < 4.78 is 0. The smallest absolute Gasteiger partial charge is 0.0173 e. The van der Waals surface area contributed by atoms with Crippen molar-refractivity contribution in [3.05, 3.63) is 12.2 Å². The van der Waals surface area contributed by atoms with E-state index in [4.69, 9.17) is 0 Å². The van der Waals surface area contributed by atoms with E-state index in [1.165, 1.54) is 5.57 Å². The minimum atomic E-state index is 0.243. The van der Waals surface area contributed by atoms with Crippen LogP contribution < -0.4 is 0 Å². The highest BCUT2D eigenvalue weighted by atomic mass is 14.3. The van der Waals surface area contributed by atoms with Crippen LogP contribution in [-0.4, -0.2) is 0 Å². The molecule has 12 heavy (non-hydrogen) atoms. The first-order valence-corrected chi connectivity index (χ1v) is 4.76. The molecule has 1 unspecified atom stereocenters. The summed E-state index contributed by atoms with van der Waals surface area (Å²) in [5.74, 6) is 0.581. The van der Waals surface area contributed by atoms with Crippen molar-refractivity contribution in [3.8, 4) is 0 Å². The maximum atomic E-state index is 4.19. The molecule has 1 atom stereocenters. The molecule has 0 nitrogen and oxygen atoms in total. The zero-order valence-corrected chi connectivity index (χ0v) is 9.78. The maximum absolute atomic E-state index is 4.19. The number of allylic oxidation sites excluding steroid dienone is 1. The predicted octanol–water partition coefficient (Wildman–Crippen LogP) is 4.27. The van der Waals surface area contributed by atoms with Crippen LogP contribution in [-0.2, 0) is 0 Å². The Morgan fingerprint density at radius 2 is 1.33 bits per heavy atom. The van der Waals surface area contributed by atoms with Crippen molar-refractivity contribution in [2.45, 2.75) is 48.5 Å². The largest absolute Gasteiger partial charge is 0.0990 e. The minimum absolute atomic E-state index is 0.243. The Morgan fingerprint density at radius 1 is 1.00 bits per heavy atom. The van der Waals surface area contributed by atoms with E-state index in [0.29, 0.717) is 11.3 Å². The molecule has 0 saturated heterocycles. The van der Waals surface area contributed by atoms with Crippen LogP contribution in [0.5, 0.6) is 0 Å². The van der Waals surface area contributed by atoms with Crippen LogP contribution in [0.2, 0.25) is 0 Å². The summed E-state index contributed by atoms with van der Waals surface area (Å²) >= 11 is 0. The van der Waals surface area contributed by atoms with Gasteiger partial charge >= 0.3 is 0 Å². The molecule has 0 aliphatic carbocycles. The van der Waals surface area contributed by atoms with E-state index in [1.807, 2.05) is 0 Å². The normalized spacial score (nSPS) is 15.9. The van der Waals surface area contributed by atoms with Crippen molar-refractivity contribution in [2.24, 2.45) is 16.7 Å². The monoisotopic (exact) mass is 168 g/mol. The van der Waals surface area contributed by atoms with Crippen LogP contribution in [0.1, 0.15) is 48.5 Å².